The molecule has 0 aliphatic heterocycles. The number of ether oxygens (including phenoxy) is 1. The molecule has 0 aromatic carbocycles. The molecule has 0 N–H and O–H groups in total. The molecule has 1 aliphatic carbocycles. The third-order valence-electron chi connectivity index (χ3n) is 2.87. The molecule has 2 radical (unpaired) electrons. The highest BCUT2D eigenvalue weighted by Crippen LogP contribution is 2.34. The van der Waals surface area contributed by atoms with E-state index >= 15 is 0 Å². The predicted octanol–water partition coefficient (Wildman–Crippen LogP) is 2.78. The van der Waals surface area contributed by atoms with E-state index in [0.717, 1.165) is 18.8 Å². The predicted molar refractivity (Wildman–Crippen MR) is 56.4 cm³/mol. The van der Waals surface area contributed by atoms with Gasteiger partial charge in [-0.3, -0.25) is 4.79 Å². The van der Waals surface area contributed by atoms with Gasteiger partial charge in [-0.05, 0) is 44.4 Å². The van der Waals surface area contributed by atoms with Crippen LogP contribution in [0.2, 0.25) is 0 Å². The van der Waals surface area contributed by atoms with Gasteiger partial charge in [0.2, 0.25) is 0 Å². The first-order chi connectivity index (χ1) is 6.76. The molecule has 2 nitrogen and oxygen atoms in total. The first-order valence-electron chi connectivity index (χ1n) is 5.54. The minimum atomic E-state index is -0.0565. The summed E-state index contributed by atoms with van der Waals surface area (Å²) in [6, 6.07) is 0. The number of rotatable bonds is 5. The van der Waals surface area contributed by atoms with Gasteiger partial charge in [0.25, 0.3) is 0 Å². The van der Waals surface area contributed by atoms with Gasteiger partial charge < -0.3 is 4.74 Å². The third kappa shape index (κ3) is 3.69. The molecule has 0 heterocycles. The second-order valence-electron chi connectivity index (χ2n) is 3.97. The van der Waals surface area contributed by atoms with E-state index in [1.54, 1.807) is 0 Å². The topological polar surface area (TPSA) is 26.3 Å². The van der Waals surface area contributed by atoms with Crippen molar-refractivity contribution in [3.05, 3.63) is 13.3 Å². The van der Waals surface area contributed by atoms with Crippen LogP contribution in [0.15, 0.2) is 0 Å². The second kappa shape index (κ2) is 6.05. The smallest absolute Gasteiger partial charge is 0.305 e. The van der Waals surface area contributed by atoms with Crippen LogP contribution < -0.4 is 0 Å². The van der Waals surface area contributed by atoms with Crippen molar-refractivity contribution in [1.82, 2.24) is 0 Å². The summed E-state index contributed by atoms with van der Waals surface area (Å²) in [7, 11) is 0. The van der Waals surface area contributed by atoms with E-state index in [-0.39, 0.29) is 5.97 Å². The molecule has 14 heavy (non-hydrogen) atoms. The lowest BCUT2D eigenvalue weighted by Gasteiger charge is -2.08. The summed E-state index contributed by atoms with van der Waals surface area (Å²) in [6.07, 6.45) is 7.27. The van der Waals surface area contributed by atoms with Crippen LogP contribution in [0.25, 0.3) is 0 Å². The molecule has 1 saturated carbocycles. The Morgan fingerprint density at radius 2 is 2.43 bits per heavy atom. The number of esters is 1. The van der Waals surface area contributed by atoms with E-state index < -0.39 is 0 Å². The summed E-state index contributed by atoms with van der Waals surface area (Å²) in [5.41, 5.74) is 0. The second-order valence-corrected chi connectivity index (χ2v) is 3.97. The number of carbonyl (C=O) groups excluding carboxylic acids is 1. The van der Waals surface area contributed by atoms with E-state index in [1.165, 1.54) is 12.8 Å². The highest BCUT2D eigenvalue weighted by Gasteiger charge is 2.23. The zero-order valence-corrected chi connectivity index (χ0v) is 9.00. The van der Waals surface area contributed by atoms with Gasteiger partial charge >= 0.3 is 5.97 Å². The molecule has 0 bridgehead atoms. The van der Waals surface area contributed by atoms with Crippen molar-refractivity contribution in [2.75, 3.05) is 6.61 Å². The van der Waals surface area contributed by atoms with Crippen LogP contribution in [0.5, 0.6) is 0 Å². The highest BCUT2D eigenvalue weighted by atomic mass is 16.5. The lowest BCUT2D eigenvalue weighted by atomic mass is 9.99. The fourth-order valence-corrected chi connectivity index (χ4v) is 2.01. The van der Waals surface area contributed by atoms with Gasteiger partial charge in [0.1, 0.15) is 0 Å². The van der Waals surface area contributed by atoms with Gasteiger partial charge in [-0.1, -0.05) is 13.3 Å². The van der Waals surface area contributed by atoms with Crippen molar-refractivity contribution in [3.63, 3.8) is 0 Å². The van der Waals surface area contributed by atoms with Crippen LogP contribution in [-0.2, 0) is 9.53 Å². The Morgan fingerprint density at radius 1 is 1.64 bits per heavy atom. The van der Waals surface area contributed by atoms with Crippen LogP contribution in [0, 0.1) is 25.2 Å². The molecule has 0 amide bonds. The van der Waals surface area contributed by atoms with Crippen LogP contribution in [0.4, 0.5) is 0 Å². The Hall–Kier alpha value is -0.530. The first kappa shape index (κ1) is 11.5. The van der Waals surface area contributed by atoms with Gasteiger partial charge in [0.15, 0.2) is 0 Å². The molecule has 0 aromatic rings. The zero-order chi connectivity index (χ0) is 10.4. The quantitative estimate of drug-likeness (QED) is 0.632. The molecule has 1 fully saturated rings. The largest absolute Gasteiger partial charge is 0.466 e. The fourth-order valence-electron chi connectivity index (χ4n) is 2.01. The molecule has 2 unspecified atom stereocenters. The molecule has 2 heteroatoms. The molecule has 0 spiro atoms. The van der Waals surface area contributed by atoms with E-state index in [0.29, 0.717) is 18.9 Å². The van der Waals surface area contributed by atoms with Crippen LogP contribution >= 0.6 is 0 Å². The highest BCUT2D eigenvalue weighted by molar-refractivity contribution is 5.69. The van der Waals surface area contributed by atoms with Crippen molar-refractivity contribution in [3.8, 4) is 0 Å². The lowest BCUT2D eigenvalue weighted by molar-refractivity contribution is -0.143. The Balaban J connectivity index is 2.11. The van der Waals surface area contributed by atoms with Gasteiger partial charge in [-0.25, -0.2) is 0 Å². The number of hydrogen-bond donors (Lipinski definition) is 0. The molecule has 0 saturated heterocycles. The Kier molecular flexibility index (Phi) is 4.99. The molecule has 1 rings (SSSR count). The molecule has 0 aromatic heterocycles. The van der Waals surface area contributed by atoms with E-state index in [4.69, 9.17) is 4.74 Å². The van der Waals surface area contributed by atoms with Crippen LogP contribution in [0.1, 0.15) is 39.0 Å². The van der Waals surface area contributed by atoms with Crippen LogP contribution in [-0.4, -0.2) is 12.6 Å². The Bertz CT molecular complexity index is 177. The maximum atomic E-state index is 11.1. The standard InChI is InChI=1S/C12H20O2/c1-3-10-5-6-11(9-10)7-8-12(13)14-4-2/h6,10-11H,1,3-5,7-9H2,2H3. The Labute approximate surface area is 87.0 Å². The van der Waals surface area contributed by atoms with Crippen molar-refractivity contribution in [2.24, 2.45) is 11.8 Å². The fraction of sp³-hybridized carbons (Fsp3) is 0.750. The third-order valence-corrected chi connectivity index (χ3v) is 2.87. The van der Waals surface area contributed by atoms with Crippen molar-refractivity contribution < 1.29 is 9.53 Å². The van der Waals surface area contributed by atoms with Crippen molar-refractivity contribution in [1.29, 1.82) is 0 Å². The molecular formula is C12H20O2. The van der Waals surface area contributed by atoms with E-state index in [1.807, 2.05) is 6.92 Å². The van der Waals surface area contributed by atoms with E-state index in [2.05, 4.69) is 13.3 Å². The Morgan fingerprint density at radius 3 is 3.00 bits per heavy atom. The normalized spacial score (nSPS) is 26.4. The van der Waals surface area contributed by atoms with Crippen molar-refractivity contribution in [2.45, 2.75) is 39.0 Å². The zero-order valence-electron chi connectivity index (χ0n) is 9.00. The monoisotopic (exact) mass is 196 g/mol. The van der Waals surface area contributed by atoms with Crippen LogP contribution in [0.3, 0.4) is 0 Å². The number of carbonyl (C=O) groups is 1. The van der Waals surface area contributed by atoms with E-state index in [9.17, 15) is 4.79 Å². The summed E-state index contributed by atoms with van der Waals surface area (Å²) < 4.78 is 4.89. The summed E-state index contributed by atoms with van der Waals surface area (Å²) >= 11 is 0. The lowest BCUT2D eigenvalue weighted by Crippen LogP contribution is -2.06. The SMILES string of the molecule is [CH2]CC1C[CH]C(CCC(=O)OCC)C1. The molecular weight excluding hydrogens is 176 g/mol. The average molecular weight is 196 g/mol. The summed E-state index contributed by atoms with van der Waals surface area (Å²) in [5, 5.41) is 0. The molecule has 2 atom stereocenters. The minimum Gasteiger partial charge on any atom is -0.466 e. The summed E-state index contributed by atoms with van der Waals surface area (Å²) in [4.78, 5) is 11.1. The van der Waals surface area contributed by atoms with Crippen molar-refractivity contribution >= 4 is 5.97 Å². The average Bonchev–Trinajstić information content (AvgIpc) is 2.63. The molecule has 1 aliphatic rings. The maximum Gasteiger partial charge on any atom is 0.305 e. The summed E-state index contributed by atoms with van der Waals surface area (Å²) in [6.45, 7) is 6.26. The van der Waals surface area contributed by atoms with Gasteiger partial charge in [0, 0.05) is 6.42 Å². The van der Waals surface area contributed by atoms with Gasteiger partial charge in [-0.2, -0.15) is 0 Å². The molecule has 80 valence electrons. The van der Waals surface area contributed by atoms with Gasteiger partial charge in [-0.15, -0.1) is 0 Å². The van der Waals surface area contributed by atoms with Gasteiger partial charge in [0.05, 0.1) is 6.61 Å². The maximum absolute atomic E-state index is 11.1. The first-order valence-corrected chi connectivity index (χ1v) is 5.54. The number of hydrogen-bond acceptors (Lipinski definition) is 2. The summed E-state index contributed by atoms with van der Waals surface area (Å²) in [5.74, 6) is 1.31. The minimum absolute atomic E-state index is 0.0565.